The first kappa shape index (κ1) is 22.9. The molecule has 4 nitrogen and oxygen atoms in total. The molecule has 0 spiro atoms. The van der Waals surface area contributed by atoms with Gasteiger partial charge in [0.1, 0.15) is 11.4 Å². The molecule has 0 saturated carbocycles. The molecule has 6 heteroatoms. The molecule has 146 valence electrons. The number of carbonyl (C=O) groups is 1. The molecule has 0 saturated heterocycles. The Morgan fingerprint density at radius 3 is 2.69 bits per heavy atom. The van der Waals surface area contributed by atoms with E-state index in [4.69, 9.17) is 9.47 Å². The van der Waals surface area contributed by atoms with Gasteiger partial charge in [-0.2, -0.15) is 0 Å². The number of methoxy groups -OCH3 is 1. The molecule has 1 atom stereocenters. The topological polar surface area (TPSA) is 47.6 Å². The molecule has 0 aliphatic carbocycles. The number of allylic oxidation sites excluding steroid dienone is 1. The summed E-state index contributed by atoms with van der Waals surface area (Å²) in [6.45, 7) is 8.25. The number of benzene rings is 1. The van der Waals surface area contributed by atoms with Crippen molar-refractivity contribution in [1.29, 1.82) is 0 Å². The van der Waals surface area contributed by atoms with Crippen molar-refractivity contribution in [2.45, 2.75) is 62.7 Å². The summed E-state index contributed by atoms with van der Waals surface area (Å²) in [6, 6.07) is 8.25. The van der Waals surface area contributed by atoms with Gasteiger partial charge >= 0.3 is 6.09 Å². The Labute approximate surface area is 170 Å². The number of amides is 1. The first-order valence-corrected chi connectivity index (χ1v) is 10.6. The number of carbonyl (C=O) groups excluding carboxylic acids is 1. The van der Waals surface area contributed by atoms with Gasteiger partial charge in [-0.1, -0.05) is 28.9 Å². The maximum Gasteiger partial charge on any atom is 0.407 e. The van der Waals surface area contributed by atoms with Gasteiger partial charge in [0.05, 0.1) is 12.4 Å². The number of alkyl carbamates (subject to hydrolysis) is 1. The van der Waals surface area contributed by atoms with Crippen LogP contribution >= 0.6 is 27.7 Å². The van der Waals surface area contributed by atoms with Crippen molar-refractivity contribution in [2.24, 2.45) is 0 Å². The smallest absolute Gasteiger partial charge is 0.407 e. The lowest BCUT2D eigenvalue weighted by Gasteiger charge is -2.21. The second-order valence-electron chi connectivity index (χ2n) is 6.85. The molecule has 0 radical (unpaired) electrons. The molecule has 0 bridgehead atoms. The van der Waals surface area contributed by atoms with E-state index in [1.807, 2.05) is 32.9 Å². The highest BCUT2D eigenvalue weighted by Gasteiger charge is 2.18. The summed E-state index contributed by atoms with van der Waals surface area (Å²) in [6.07, 6.45) is 4.41. The maximum absolute atomic E-state index is 11.7. The van der Waals surface area contributed by atoms with E-state index in [0.29, 0.717) is 6.54 Å². The van der Waals surface area contributed by atoms with Gasteiger partial charge in [-0.05, 0) is 64.3 Å². The summed E-state index contributed by atoms with van der Waals surface area (Å²) in [5.74, 6) is 0.981. The van der Waals surface area contributed by atoms with Crippen LogP contribution in [0.1, 0.15) is 47.0 Å². The number of halogens is 1. The van der Waals surface area contributed by atoms with E-state index in [9.17, 15) is 4.79 Å². The first-order valence-electron chi connectivity index (χ1n) is 8.88. The standard InChI is InChI=1S/C20H30BrNO3S/c1-6-9-17(24-5)18(26-16-11-7-10-15(21)14-16)12-8-13-22-19(23)25-20(2,3)4/h7,9-11,14,18H,6,8,12-13H2,1-5H3,(H,22,23)/b17-9+. The van der Waals surface area contributed by atoms with Crippen LogP contribution in [0, 0.1) is 0 Å². The van der Waals surface area contributed by atoms with Crippen molar-refractivity contribution in [3.05, 3.63) is 40.6 Å². The predicted octanol–water partition coefficient (Wildman–Crippen LogP) is 6.16. The summed E-state index contributed by atoms with van der Waals surface area (Å²) < 4.78 is 11.9. The van der Waals surface area contributed by atoms with Crippen LogP contribution < -0.4 is 5.32 Å². The molecular weight excluding hydrogens is 414 g/mol. The molecule has 1 aromatic rings. The molecule has 26 heavy (non-hydrogen) atoms. The molecule has 0 aliphatic heterocycles. The number of thioether (sulfide) groups is 1. The third-order valence-corrected chi connectivity index (χ3v) is 5.12. The number of hydrogen-bond acceptors (Lipinski definition) is 4. The molecule has 1 rings (SSSR count). The Hall–Kier alpha value is -1.14. The zero-order chi connectivity index (χ0) is 19.6. The Morgan fingerprint density at radius 1 is 1.38 bits per heavy atom. The van der Waals surface area contributed by atoms with E-state index in [0.717, 1.165) is 29.5 Å². The van der Waals surface area contributed by atoms with Crippen LogP contribution in [0.15, 0.2) is 45.5 Å². The van der Waals surface area contributed by atoms with Crippen LogP contribution in [0.5, 0.6) is 0 Å². The van der Waals surface area contributed by atoms with E-state index < -0.39 is 5.60 Å². The van der Waals surface area contributed by atoms with Crippen LogP contribution in [0.3, 0.4) is 0 Å². The number of rotatable bonds is 9. The molecule has 0 fully saturated rings. The highest BCUT2D eigenvalue weighted by Crippen LogP contribution is 2.33. The van der Waals surface area contributed by atoms with Crippen LogP contribution in [-0.4, -0.2) is 30.6 Å². The molecule has 0 aromatic heterocycles. The Balaban J connectivity index is 2.63. The highest BCUT2D eigenvalue weighted by molar-refractivity contribution is 9.10. The van der Waals surface area contributed by atoms with Crippen molar-refractivity contribution < 1.29 is 14.3 Å². The fourth-order valence-corrected chi connectivity index (χ4v) is 4.13. The van der Waals surface area contributed by atoms with E-state index in [2.05, 4.69) is 46.4 Å². The van der Waals surface area contributed by atoms with Gasteiger partial charge in [-0.15, -0.1) is 11.8 Å². The zero-order valence-corrected chi connectivity index (χ0v) is 18.7. The largest absolute Gasteiger partial charge is 0.500 e. The number of ether oxygens (including phenoxy) is 2. The Morgan fingerprint density at radius 2 is 2.12 bits per heavy atom. The lowest BCUT2D eigenvalue weighted by Crippen LogP contribution is -2.33. The number of hydrogen-bond donors (Lipinski definition) is 1. The van der Waals surface area contributed by atoms with Gasteiger partial charge in [0.15, 0.2) is 0 Å². The van der Waals surface area contributed by atoms with Crippen molar-refractivity contribution in [2.75, 3.05) is 13.7 Å². The monoisotopic (exact) mass is 443 g/mol. The summed E-state index contributed by atoms with van der Waals surface area (Å²) in [7, 11) is 1.72. The van der Waals surface area contributed by atoms with E-state index in [1.165, 1.54) is 4.90 Å². The summed E-state index contributed by atoms with van der Waals surface area (Å²) in [5.41, 5.74) is -0.476. The van der Waals surface area contributed by atoms with E-state index in [-0.39, 0.29) is 11.3 Å². The van der Waals surface area contributed by atoms with Crippen molar-refractivity contribution in [3.8, 4) is 0 Å². The van der Waals surface area contributed by atoms with Crippen LogP contribution in [0.25, 0.3) is 0 Å². The minimum atomic E-state index is -0.476. The van der Waals surface area contributed by atoms with Gasteiger partial charge < -0.3 is 14.8 Å². The Bertz CT molecular complexity index is 599. The van der Waals surface area contributed by atoms with Gasteiger partial charge in [0.25, 0.3) is 0 Å². The van der Waals surface area contributed by atoms with Crippen LogP contribution in [0.4, 0.5) is 4.79 Å². The lowest BCUT2D eigenvalue weighted by atomic mass is 10.2. The van der Waals surface area contributed by atoms with Gasteiger partial charge in [0, 0.05) is 15.9 Å². The quantitative estimate of drug-likeness (QED) is 0.282. The molecule has 1 N–H and O–H groups in total. The Kier molecular flexibility index (Phi) is 10.2. The normalized spacial score (nSPS) is 13.2. The van der Waals surface area contributed by atoms with E-state index >= 15 is 0 Å². The minimum absolute atomic E-state index is 0.203. The number of nitrogens with one attached hydrogen (secondary N) is 1. The summed E-state index contributed by atoms with van der Waals surface area (Å²) in [5, 5.41) is 3.02. The van der Waals surface area contributed by atoms with Gasteiger partial charge in [-0.25, -0.2) is 4.79 Å². The average molecular weight is 444 g/mol. The molecular formula is C20H30BrNO3S. The van der Waals surface area contributed by atoms with Crippen LogP contribution in [-0.2, 0) is 9.47 Å². The molecule has 1 amide bonds. The summed E-state index contributed by atoms with van der Waals surface area (Å²) >= 11 is 5.30. The zero-order valence-electron chi connectivity index (χ0n) is 16.3. The highest BCUT2D eigenvalue weighted by atomic mass is 79.9. The SMILES string of the molecule is CC/C=C(/OC)C(CCCNC(=O)OC(C)(C)C)Sc1cccc(Br)c1. The fourth-order valence-electron chi connectivity index (χ4n) is 2.30. The average Bonchev–Trinajstić information content (AvgIpc) is 2.54. The van der Waals surface area contributed by atoms with Crippen molar-refractivity contribution in [1.82, 2.24) is 5.32 Å². The maximum atomic E-state index is 11.7. The van der Waals surface area contributed by atoms with E-state index in [1.54, 1.807) is 18.9 Å². The fraction of sp³-hybridized carbons (Fsp3) is 0.550. The first-order chi connectivity index (χ1) is 12.2. The molecule has 0 aliphatic rings. The van der Waals surface area contributed by atoms with Gasteiger partial charge in [0.2, 0.25) is 0 Å². The molecule has 0 heterocycles. The van der Waals surface area contributed by atoms with Crippen LogP contribution in [0.2, 0.25) is 0 Å². The minimum Gasteiger partial charge on any atom is -0.500 e. The van der Waals surface area contributed by atoms with Crippen molar-refractivity contribution >= 4 is 33.8 Å². The lowest BCUT2D eigenvalue weighted by molar-refractivity contribution is 0.0527. The van der Waals surface area contributed by atoms with Crippen molar-refractivity contribution in [3.63, 3.8) is 0 Å². The molecule has 1 aromatic carbocycles. The molecule has 1 unspecified atom stereocenters. The third kappa shape index (κ3) is 9.53. The second kappa shape index (κ2) is 11.5. The van der Waals surface area contributed by atoms with Gasteiger partial charge in [-0.3, -0.25) is 0 Å². The second-order valence-corrected chi connectivity index (χ2v) is 9.05. The summed E-state index contributed by atoms with van der Waals surface area (Å²) in [4.78, 5) is 12.9. The third-order valence-electron chi connectivity index (χ3n) is 3.34. The predicted molar refractivity (Wildman–Crippen MR) is 113 cm³/mol.